The van der Waals surface area contributed by atoms with Gasteiger partial charge in [0.2, 0.25) is 5.91 Å². The van der Waals surface area contributed by atoms with Crippen LogP contribution in [0.3, 0.4) is 0 Å². The SMILES string of the molecule is O=C(CNc1cccc(OCCCc2ccccc2)c1)Nc1ccccc1OCCCc1ccccc1. The van der Waals surface area contributed by atoms with Crippen molar-refractivity contribution in [2.24, 2.45) is 0 Å². The molecule has 0 aliphatic carbocycles. The molecule has 0 saturated heterocycles. The number of ether oxygens (including phenoxy) is 2. The van der Waals surface area contributed by atoms with Crippen LogP contribution >= 0.6 is 0 Å². The first-order chi connectivity index (χ1) is 18.3. The molecule has 0 spiro atoms. The molecule has 1 amide bonds. The lowest BCUT2D eigenvalue weighted by Gasteiger charge is -2.13. The van der Waals surface area contributed by atoms with Crippen molar-refractivity contribution in [1.82, 2.24) is 0 Å². The number of nitrogens with one attached hydrogen (secondary N) is 2. The fourth-order valence-corrected chi connectivity index (χ4v) is 3.98. The predicted molar refractivity (Wildman–Crippen MR) is 151 cm³/mol. The molecule has 4 aromatic carbocycles. The van der Waals surface area contributed by atoms with E-state index in [0.717, 1.165) is 37.1 Å². The van der Waals surface area contributed by atoms with Crippen molar-refractivity contribution in [2.75, 3.05) is 30.4 Å². The maximum atomic E-state index is 12.6. The Balaban J connectivity index is 1.19. The summed E-state index contributed by atoms with van der Waals surface area (Å²) in [5, 5.41) is 6.13. The minimum absolute atomic E-state index is 0.139. The number of para-hydroxylation sites is 2. The second-order valence-corrected chi connectivity index (χ2v) is 8.80. The molecule has 5 heteroatoms. The average molecular weight is 495 g/mol. The van der Waals surface area contributed by atoms with Gasteiger partial charge in [-0.15, -0.1) is 0 Å². The summed E-state index contributed by atoms with van der Waals surface area (Å²) in [6.07, 6.45) is 3.78. The van der Waals surface area contributed by atoms with Gasteiger partial charge in [0.05, 0.1) is 25.4 Å². The smallest absolute Gasteiger partial charge is 0.243 e. The van der Waals surface area contributed by atoms with Crippen LogP contribution in [-0.4, -0.2) is 25.7 Å². The second-order valence-electron chi connectivity index (χ2n) is 8.80. The monoisotopic (exact) mass is 494 g/mol. The first-order valence-electron chi connectivity index (χ1n) is 12.8. The topological polar surface area (TPSA) is 59.6 Å². The van der Waals surface area contributed by atoms with Gasteiger partial charge in [-0.3, -0.25) is 4.79 Å². The van der Waals surface area contributed by atoms with E-state index in [0.29, 0.717) is 24.7 Å². The van der Waals surface area contributed by atoms with Crippen molar-refractivity contribution in [3.63, 3.8) is 0 Å². The van der Waals surface area contributed by atoms with Crippen molar-refractivity contribution in [2.45, 2.75) is 25.7 Å². The lowest BCUT2D eigenvalue weighted by molar-refractivity contribution is -0.114. The van der Waals surface area contributed by atoms with Crippen LogP contribution < -0.4 is 20.1 Å². The van der Waals surface area contributed by atoms with Gasteiger partial charge in [-0.2, -0.15) is 0 Å². The molecule has 0 saturated carbocycles. The van der Waals surface area contributed by atoms with Crippen LogP contribution in [-0.2, 0) is 17.6 Å². The van der Waals surface area contributed by atoms with Crippen LogP contribution in [0.2, 0.25) is 0 Å². The predicted octanol–water partition coefficient (Wildman–Crippen LogP) is 6.76. The molecule has 37 heavy (non-hydrogen) atoms. The minimum atomic E-state index is -0.144. The van der Waals surface area contributed by atoms with Crippen molar-refractivity contribution in [3.05, 3.63) is 120 Å². The average Bonchev–Trinajstić information content (AvgIpc) is 2.94. The number of amides is 1. The molecule has 0 aliphatic heterocycles. The number of anilines is 2. The first kappa shape index (κ1) is 25.8. The van der Waals surface area contributed by atoms with Gasteiger partial charge in [0.25, 0.3) is 0 Å². The third-order valence-corrected chi connectivity index (χ3v) is 5.88. The number of carbonyl (C=O) groups is 1. The quantitative estimate of drug-likeness (QED) is 0.190. The fourth-order valence-electron chi connectivity index (χ4n) is 3.98. The Kier molecular flexibility index (Phi) is 10.0. The maximum absolute atomic E-state index is 12.6. The number of hydrogen-bond donors (Lipinski definition) is 2. The first-order valence-corrected chi connectivity index (χ1v) is 12.8. The van der Waals surface area contributed by atoms with Gasteiger partial charge in [0.15, 0.2) is 0 Å². The maximum Gasteiger partial charge on any atom is 0.243 e. The van der Waals surface area contributed by atoms with Crippen molar-refractivity contribution in [1.29, 1.82) is 0 Å². The zero-order valence-corrected chi connectivity index (χ0v) is 21.1. The van der Waals surface area contributed by atoms with Gasteiger partial charge in [0, 0.05) is 11.8 Å². The van der Waals surface area contributed by atoms with Gasteiger partial charge in [-0.05, 0) is 61.1 Å². The summed E-state index contributed by atoms with van der Waals surface area (Å²) in [5.74, 6) is 1.32. The molecule has 0 atom stereocenters. The van der Waals surface area contributed by atoms with E-state index in [1.807, 2.05) is 72.8 Å². The summed E-state index contributed by atoms with van der Waals surface area (Å²) >= 11 is 0. The van der Waals surface area contributed by atoms with Gasteiger partial charge < -0.3 is 20.1 Å². The molecular weight excluding hydrogens is 460 g/mol. The molecule has 0 fully saturated rings. The highest BCUT2D eigenvalue weighted by atomic mass is 16.5. The molecule has 190 valence electrons. The molecule has 0 aliphatic rings. The van der Waals surface area contributed by atoms with Crippen LogP contribution in [0, 0.1) is 0 Å². The largest absolute Gasteiger partial charge is 0.494 e. The van der Waals surface area contributed by atoms with Crippen molar-refractivity contribution in [3.8, 4) is 11.5 Å². The summed E-state index contributed by atoms with van der Waals surface area (Å²) in [4.78, 5) is 12.6. The fraction of sp³-hybridized carbons (Fsp3) is 0.219. The third kappa shape index (κ3) is 9.04. The third-order valence-electron chi connectivity index (χ3n) is 5.88. The number of aryl methyl sites for hydroxylation is 2. The van der Waals surface area contributed by atoms with Crippen LogP contribution in [0.1, 0.15) is 24.0 Å². The van der Waals surface area contributed by atoms with E-state index < -0.39 is 0 Å². The Morgan fingerprint density at radius 2 is 1.27 bits per heavy atom. The minimum Gasteiger partial charge on any atom is -0.494 e. The number of carbonyl (C=O) groups excluding carboxylic acids is 1. The molecule has 4 aromatic rings. The van der Waals surface area contributed by atoms with E-state index in [1.165, 1.54) is 11.1 Å². The Morgan fingerprint density at radius 1 is 0.649 bits per heavy atom. The molecule has 2 N–H and O–H groups in total. The highest BCUT2D eigenvalue weighted by Gasteiger charge is 2.08. The summed E-state index contributed by atoms with van der Waals surface area (Å²) in [6, 6.07) is 36.0. The van der Waals surface area contributed by atoms with Crippen molar-refractivity contribution >= 4 is 17.3 Å². The molecule has 0 radical (unpaired) electrons. The standard InChI is InChI=1S/C32H34N2O3/c35-32(34-30-20-7-8-21-31(30)37-23-11-17-27-14-5-2-6-15-27)25-33-28-18-9-19-29(24-28)36-22-10-16-26-12-3-1-4-13-26/h1-9,12-15,18-21,24,33H,10-11,16-17,22-23,25H2,(H,34,35). The summed E-state index contributed by atoms with van der Waals surface area (Å²) in [6.45, 7) is 1.36. The second kappa shape index (κ2) is 14.3. The van der Waals surface area contributed by atoms with Crippen LogP contribution in [0.15, 0.2) is 109 Å². The highest BCUT2D eigenvalue weighted by Crippen LogP contribution is 2.24. The van der Waals surface area contributed by atoms with E-state index in [-0.39, 0.29) is 12.5 Å². The molecule has 0 bridgehead atoms. The zero-order chi connectivity index (χ0) is 25.5. The Hall–Kier alpha value is -4.25. The zero-order valence-electron chi connectivity index (χ0n) is 21.1. The van der Waals surface area contributed by atoms with Gasteiger partial charge in [0.1, 0.15) is 11.5 Å². The molecule has 0 heterocycles. The molecule has 4 rings (SSSR count). The lowest BCUT2D eigenvalue weighted by atomic mass is 10.1. The number of hydrogen-bond acceptors (Lipinski definition) is 4. The molecule has 0 unspecified atom stereocenters. The van der Waals surface area contributed by atoms with Crippen LogP contribution in [0.4, 0.5) is 11.4 Å². The normalized spacial score (nSPS) is 10.5. The van der Waals surface area contributed by atoms with Crippen LogP contribution in [0.5, 0.6) is 11.5 Å². The van der Waals surface area contributed by atoms with E-state index in [2.05, 4.69) is 47.0 Å². The van der Waals surface area contributed by atoms with E-state index in [1.54, 1.807) is 0 Å². The lowest BCUT2D eigenvalue weighted by Crippen LogP contribution is -2.22. The van der Waals surface area contributed by atoms with E-state index in [4.69, 9.17) is 9.47 Å². The molecule has 0 aromatic heterocycles. The molecular formula is C32H34N2O3. The van der Waals surface area contributed by atoms with Gasteiger partial charge in [-0.25, -0.2) is 0 Å². The van der Waals surface area contributed by atoms with Crippen molar-refractivity contribution < 1.29 is 14.3 Å². The Bertz CT molecular complexity index is 1230. The van der Waals surface area contributed by atoms with Gasteiger partial charge >= 0.3 is 0 Å². The van der Waals surface area contributed by atoms with Crippen LogP contribution in [0.25, 0.3) is 0 Å². The molecule has 5 nitrogen and oxygen atoms in total. The Morgan fingerprint density at radius 3 is 1.97 bits per heavy atom. The Labute approximate surface area is 219 Å². The van der Waals surface area contributed by atoms with E-state index >= 15 is 0 Å². The summed E-state index contributed by atoms with van der Waals surface area (Å²) < 4.78 is 11.9. The van der Waals surface area contributed by atoms with E-state index in [9.17, 15) is 4.79 Å². The summed E-state index contributed by atoms with van der Waals surface area (Å²) in [5.41, 5.74) is 4.11. The number of rotatable bonds is 14. The number of benzene rings is 4. The highest BCUT2D eigenvalue weighted by molar-refractivity contribution is 5.95. The summed E-state index contributed by atoms with van der Waals surface area (Å²) in [7, 11) is 0. The van der Waals surface area contributed by atoms with Gasteiger partial charge in [-0.1, -0.05) is 78.9 Å².